The summed E-state index contributed by atoms with van der Waals surface area (Å²) in [6.45, 7) is 7.90. The number of hydrogen-bond donors (Lipinski definition) is 3. The van der Waals surface area contributed by atoms with E-state index in [1.807, 2.05) is 45.0 Å². The van der Waals surface area contributed by atoms with E-state index in [1.165, 1.54) is 11.0 Å². The highest BCUT2D eigenvalue weighted by Gasteiger charge is 2.48. The van der Waals surface area contributed by atoms with E-state index in [4.69, 9.17) is 4.74 Å². The van der Waals surface area contributed by atoms with E-state index in [0.29, 0.717) is 28.8 Å². The lowest BCUT2D eigenvalue weighted by molar-refractivity contribution is -0.132. The lowest BCUT2D eigenvalue weighted by Crippen LogP contribution is -2.30. The molecule has 188 valence electrons. The normalized spacial score (nSPS) is 17.1. The van der Waals surface area contributed by atoms with Gasteiger partial charge in [-0.3, -0.25) is 14.5 Å². The number of ketones is 1. The van der Waals surface area contributed by atoms with Crippen LogP contribution in [0, 0.1) is 20.8 Å². The largest absolute Gasteiger partial charge is 0.507 e. The smallest absolute Gasteiger partial charge is 0.302 e. The molecule has 0 spiro atoms. The lowest BCUT2D eigenvalue weighted by Gasteiger charge is -2.23. The highest BCUT2D eigenvalue weighted by molar-refractivity contribution is 6.51. The predicted octanol–water partition coefficient (Wildman–Crippen LogP) is 5.22. The number of aromatic amines is 1. The van der Waals surface area contributed by atoms with Crippen LogP contribution in [0.4, 0.5) is 5.95 Å². The van der Waals surface area contributed by atoms with Crippen LogP contribution in [-0.2, 0) is 9.59 Å². The van der Waals surface area contributed by atoms with Gasteiger partial charge in [-0.05, 0) is 80.3 Å². The second-order valence-electron chi connectivity index (χ2n) is 9.21. The number of Topliss-reactive ketones (excluding diaryl/α,β-unsaturated/α-hetero) is 1. The third-order valence-electron chi connectivity index (χ3n) is 6.68. The van der Waals surface area contributed by atoms with Gasteiger partial charge in [0.05, 0.1) is 29.3 Å². The van der Waals surface area contributed by atoms with E-state index in [-0.39, 0.29) is 28.8 Å². The highest BCUT2D eigenvalue weighted by Crippen LogP contribution is 2.43. The first-order valence-corrected chi connectivity index (χ1v) is 12.0. The molecule has 0 bridgehead atoms. The molecule has 4 aromatic rings. The summed E-state index contributed by atoms with van der Waals surface area (Å²) in [6.07, 6.45) is 0. The molecule has 1 fully saturated rings. The first-order chi connectivity index (χ1) is 17.7. The average Bonchev–Trinajstić information content (AvgIpc) is 3.39. The van der Waals surface area contributed by atoms with Crippen LogP contribution in [0.1, 0.15) is 40.8 Å². The van der Waals surface area contributed by atoms with Gasteiger partial charge in [-0.1, -0.05) is 24.3 Å². The fourth-order valence-electron chi connectivity index (χ4n) is 4.61. The van der Waals surface area contributed by atoms with E-state index in [1.54, 1.807) is 31.2 Å². The number of fused-ring (bicyclic) bond motifs is 1. The highest BCUT2D eigenvalue weighted by atomic mass is 16.5. The van der Waals surface area contributed by atoms with Crippen molar-refractivity contribution < 1.29 is 24.5 Å². The Morgan fingerprint density at radius 1 is 1.03 bits per heavy atom. The molecule has 0 saturated carbocycles. The molecular formula is C29H27N3O5. The summed E-state index contributed by atoms with van der Waals surface area (Å²) in [7, 11) is 0. The third kappa shape index (κ3) is 4.10. The van der Waals surface area contributed by atoms with Crippen molar-refractivity contribution in [1.82, 2.24) is 9.97 Å². The number of phenols is 1. The van der Waals surface area contributed by atoms with E-state index >= 15 is 0 Å². The Hall–Kier alpha value is -4.59. The second-order valence-corrected chi connectivity index (χ2v) is 9.21. The molecule has 37 heavy (non-hydrogen) atoms. The van der Waals surface area contributed by atoms with Crippen molar-refractivity contribution in [2.24, 2.45) is 0 Å². The summed E-state index contributed by atoms with van der Waals surface area (Å²) >= 11 is 0. The Balaban J connectivity index is 1.75. The van der Waals surface area contributed by atoms with E-state index < -0.39 is 17.7 Å². The van der Waals surface area contributed by atoms with Crippen molar-refractivity contribution in [2.75, 3.05) is 11.5 Å². The summed E-state index contributed by atoms with van der Waals surface area (Å²) in [5, 5.41) is 21.7. The Labute approximate surface area is 213 Å². The minimum Gasteiger partial charge on any atom is -0.507 e. The summed E-state index contributed by atoms with van der Waals surface area (Å²) < 4.78 is 5.56. The number of carbonyl (C=O) groups excluding carboxylic acids is 2. The van der Waals surface area contributed by atoms with Gasteiger partial charge in [0, 0.05) is 5.56 Å². The predicted molar refractivity (Wildman–Crippen MR) is 141 cm³/mol. The number of benzene rings is 3. The van der Waals surface area contributed by atoms with Gasteiger partial charge in [0.1, 0.15) is 5.76 Å². The molecule has 1 unspecified atom stereocenters. The Morgan fingerprint density at radius 3 is 2.54 bits per heavy atom. The third-order valence-corrected chi connectivity index (χ3v) is 6.68. The number of H-pyrrole nitrogens is 1. The molecule has 1 amide bonds. The zero-order valence-electron chi connectivity index (χ0n) is 21.0. The van der Waals surface area contributed by atoms with E-state index in [9.17, 15) is 19.8 Å². The number of nitrogens with zero attached hydrogens (tertiary/aromatic N) is 2. The molecule has 8 heteroatoms. The summed E-state index contributed by atoms with van der Waals surface area (Å²) in [5.74, 6) is -1.63. The molecule has 5 rings (SSSR count). The zero-order valence-corrected chi connectivity index (χ0v) is 21.0. The van der Waals surface area contributed by atoms with Gasteiger partial charge in [0.15, 0.2) is 11.5 Å². The van der Waals surface area contributed by atoms with Crippen molar-refractivity contribution in [3.8, 4) is 11.5 Å². The van der Waals surface area contributed by atoms with Crippen molar-refractivity contribution in [2.45, 2.75) is 33.7 Å². The first-order valence-electron chi connectivity index (χ1n) is 12.0. The number of imidazole rings is 1. The van der Waals surface area contributed by atoms with E-state index in [0.717, 1.165) is 16.7 Å². The first kappa shape index (κ1) is 24.1. The van der Waals surface area contributed by atoms with Crippen LogP contribution < -0.4 is 9.64 Å². The van der Waals surface area contributed by atoms with Crippen LogP contribution in [0.2, 0.25) is 0 Å². The summed E-state index contributed by atoms with van der Waals surface area (Å²) in [6, 6.07) is 14.6. The fraction of sp³-hybridized carbons (Fsp3) is 0.207. The standard InChI is InChI=1S/C29H27N3O5/c1-5-37-23-14-18(9-11-22(23)33)25-24(26(34)19-8-7-16(3)17(4)13-19)27(35)28(36)32(25)29-30-20-10-6-15(2)12-21(20)31-29/h6-14,25,33-34H,5H2,1-4H3,(H,30,31)/b26-24+. The van der Waals surface area contributed by atoms with Crippen LogP contribution >= 0.6 is 0 Å². The molecule has 1 aliphatic rings. The maximum atomic E-state index is 13.5. The van der Waals surface area contributed by atoms with Crippen LogP contribution in [0.5, 0.6) is 11.5 Å². The number of carbonyl (C=O) groups is 2. The topological polar surface area (TPSA) is 116 Å². The van der Waals surface area contributed by atoms with Gasteiger partial charge in [-0.25, -0.2) is 4.98 Å². The van der Waals surface area contributed by atoms with Gasteiger partial charge in [0.25, 0.3) is 5.78 Å². The second kappa shape index (κ2) is 9.13. The summed E-state index contributed by atoms with van der Waals surface area (Å²) in [4.78, 5) is 35.9. The number of hydrogen-bond acceptors (Lipinski definition) is 6. The monoisotopic (exact) mass is 497 g/mol. The number of rotatable bonds is 5. The number of ether oxygens (including phenoxy) is 1. The SMILES string of the molecule is CCOc1cc(C2/C(=C(\O)c3ccc(C)c(C)c3)C(=O)C(=O)N2c2nc3ccc(C)cc3[nH]2)ccc1O. The number of anilines is 1. The maximum absolute atomic E-state index is 13.5. The molecule has 1 atom stereocenters. The lowest BCUT2D eigenvalue weighted by atomic mass is 9.94. The van der Waals surface area contributed by atoms with Gasteiger partial charge < -0.3 is 19.9 Å². The van der Waals surface area contributed by atoms with Crippen molar-refractivity contribution in [3.63, 3.8) is 0 Å². The number of aryl methyl sites for hydroxylation is 3. The van der Waals surface area contributed by atoms with Crippen molar-refractivity contribution in [3.05, 3.63) is 88.0 Å². The number of aromatic hydroxyl groups is 1. The molecule has 0 aliphatic carbocycles. The number of aliphatic hydroxyl groups is 1. The quantitative estimate of drug-likeness (QED) is 0.198. The van der Waals surface area contributed by atoms with Crippen molar-refractivity contribution >= 4 is 34.4 Å². The molecule has 8 nitrogen and oxygen atoms in total. The van der Waals surface area contributed by atoms with Gasteiger partial charge >= 0.3 is 5.91 Å². The van der Waals surface area contributed by atoms with Gasteiger partial charge in [-0.15, -0.1) is 0 Å². The molecule has 0 radical (unpaired) electrons. The number of nitrogens with one attached hydrogen (secondary N) is 1. The number of aromatic nitrogens is 2. The Morgan fingerprint density at radius 2 is 1.81 bits per heavy atom. The molecule has 3 aromatic carbocycles. The van der Waals surface area contributed by atoms with E-state index in [2.05, 4.69) is 9.97 Å². The molecular weight excluding hydrogens is 470 g/mol. The molecule has 3 N–H and O–H groups in total. The van der Waals surface area contributed by atoms with Gasteiger partial charge in [0.2, 0.25) is 5.95 Å². The van der Waals surface area contributed by atoms with Crippen LogP contribution in [0.25, 0.3) is 16.8 Å². The molecule has 1 aliphatic heterocycles. The minimum atomic E-state index is -1.01. The summed E-state index contributed by atoms with van der Waals surface area (Å²) in [5.41, 5.74) is 5.16. The zero-order chi connectivity index (χ0) is 26.4. The van der Waals surface area contributed by atoms with Crippen LogP contribution in [0.15, 0.2) is 60.2 Å². The van der Waals surface area contributed by atoms with Crippen LogP contribution in [0.3, 0.4) is 0 Å². The molecule has 2 heterocycles. The average molecular weight is 498 g/mol. The Kier molecular flexibility index (Phi) is 5.95. The van der Waals surface area contributed by atoms with Gasteiger partial charge in [-0.2, -0.15) is 0 Å². The molecule has 1 saturated heterocycles. The number of aliphatic hydroxyl groups excluding tert-OH is 1. The van der Waals surface area contributed by atoms with Crippen LogP contribution in [-0.4, -0.2) is 38.5 Å². The number of phenolic OH excluding ortho intramolecular Hbond substituents is 1. The minimum absolute atomic E-state index is 0.0713. The number of amides is 1. The molecule has 1 aromatic heterocycles. The maximum Gasteiger partial charge on any atom is 0.302 e. The fourth-order valence-corrected chi connectivity index (χ4v) is 4.61. The van der Waals surface area contributed by atoms with Crippen molar-refractivity contribution in [1.29, 1.82) is 0 Å². The Bertz CT molecular complexity index is 1600.